The molecule has 0 aliphatic carbocycles. The predicted molar refractivity (Wildman–Crippen MR) is 103 cm³/mol. The number of nitrogens with zero attached hydrogens (tertiary/aromatic N) is 2. The molecule has 0 radical (unpaired) electrons. The number of piperazine rings is 1. The van der Waals surface area contributed by atoms with Crippen LogP contribution in [0.3, 0.4) is 0 Å². The number of hydrogen-bond acceptors (Lipinski definition) is 2. The molecule has 1 atom stereocenters. The predicted octanol–water partition coefficient (Wildman–Crippen LogP) is 1.75. The number of anilines is 2. The molecule has 25 heavy (non-hydrogen) atoms. The van der Waals surface area contributed by atoms with E-state index in [0.717, 1.165) is 31.9 Å². The molecular formula is C21H28N3O+. The first-order valence-corrected chi connectivity index (χ1v) is 9.05. The van der Waals surface area contributed by atoms with Gasteiger partial charge in [0, 0.05) is 18.4 Å². The van der Waals surface area contributed by atoms with E-state index in [9.17, 15) is 4.79 Å². The number of rotatable bonds is 4. The zero-order valence-corrected chi connectivity index (χ0v) is 15.4. The van der Waals surface area contributed by atoms with E-state index in [1.54, 1.807) is 4.90 Å². The van der Waals surface area contributed by atoms with Gasteiger partial charge in [-0.05, 0) is 37.6 Å². The van der Waals surface area contributed by atoms with E-state index in [2.05, 4.69) is 43.0 Å². The third kappa shape index (κ3) is 3.85. The molecule has 0 saturated carbocycles. The molecule has 1 aliphatic rings. The zero-order valence-electron chi connectivity index (χ0n) is 15.4. The lowest BCUT2D eigenvalue weighted by molar-refractivity contribution is -0.914. The van der Waals surface area contributed by atoms with Gasteiger partial charge in [-0.15, -0.1) is 0 Å². The molecule has 0 bridgehead atoms. The van der Waals surface area contributed by atoms with Crippen molar-refractivity contribution in [2.45, 2.75) is 19.9 Å². The van der Waals surface area contributed by atoms with Crippen molar-refractivity contribution in [1.29, 1.82) is 0 Å². The molecule has 1 aliphatic heterocycles. The van der Waals surface area contributed by atoms with Gasteiger partial charge in [0.25, 0.3) is 5.91 Å². The lowest BCUT2D eigenvalue weighted by atomic mass is 10.1. The van der Waals surface area contributed by atoms with Gasteiger partial charge in [0.2, 0.25) is 0 Å². The van der Waals surface area contributed by atoms with Crippen molar-refractivity contribution in [3.8, 4) is 0 Å². The standard InChI is InChI=1S/C21H27N3O/c1-17-9-7-8-12-20(17)24-15-13-23(14-16-24)18(2)21(25)22(3)19-10-5-4-6-11-19/h4-12,18H,13-16H2,1-3H3/p+1/t18-/m1/s1. The minimum atomic E-state index is -0.0239. The molecule has 0 spiro atoms. The molecule has 1 heterocycles. The van der Waals surface area contributed by atoms with E-state index in [1.807, 2.05) is 37.4 Å². The second-order valence-electron chi connectivity index (χ2n) is 6.89. The number of amides is 1. The molecule has 2 aromatic carbocycles. The van der Waals surface area contributed by atoms with Crippen LogP contribution in [0.4, 0.5) is 11.4 Å². The molecule has 3 rings (SSSR count). The minimum Gasteiger partial charge on any atom is -0.360 e. The molecule has 1 fully saturated rings. The van der Waals surface area contributed by atoms with Crippen LogP contribution in [0, 0.1) is 6.92 Å². The summed E-state index contributed by atoms with van der Waals surface area (Å²) in [5.41, 5.74) is 3.60. The summed E-state index contributed by atoms with van der Waals surface area (Å²) in [7, 11) is 1.87. The summed E-state index contributed by atoms with van der Waals surface area (Å²) >= 11 is 0. The number of likely N-dealkylation sites (N-methyl/N-ethyl adjacent to an activating group) is 1. The van der Waals surface area contributed by atoms with Crippen molar-refractivity contribution in [2.75, 3.05) is 43.0 Å². The Bertz CT molecular complexity index is 708. The van der Waals surface area contributed by atoms with Gasteiger partial charge in [-0.1, -0.05) is 36.4 Å². The van der Waals surface area contributed by atoms with E-state index >= 15 is 0 Å². The topological polar surface area (TPSA) is 28.0 Å². The lowest BCUT2D eigenvalue weighted by Gasteiger charge is -2.37. The van der Waals surface area contributed by atoms with Gasteiger partial charge in [-0.3, -0.25) is 4.79 Å². The Kier molecular flexibility index (Phi) is 5.39. The molecule has 1 amide bonds. The van der Waals surface area contributed by atoms with Crippen LogP contribution in [0.25, 0.3) is 0 Å². The maximum atomic E-state index is 12.8. The largest absolute Gasteiger partial charge is 0.360 e. The number of quaternary nitrogens is 1. The van der Waals surface area contributed by atoms with E-state index in [-0.39, 0.29) is 11.9 Å². The molecule has 1 saturated heterocycles. The molecule has 4 nitrogen and oxygen atoms in total. The fourth-order valence-corrected chi connectivity index (χ4v) is 3.63. The summed E-state index contributed by atoms with van der Waals surface area (Å²) in [6, 6.07) is 18.4. The number of hydrogen-bond donors (Lipinski definition) is 1. The number of aryl methyl sites for hydroxylation is 1. The van der Waals surface area contributed by atoms with Crippen LogP contribution in [0.2, 0.25) is 0 Å². The first-order chi connectivity index (χ1) is 12.1. The van der Waals surface area contributed by atoms with Gasteiger partial charge in [0.05, 0.1) is 26.2 Å². The Morgan fingerprint density at radius 2 is 1.64 bits per heavy atom. The minimum absolute atomic E-state index is 0.0239. The van der Waals surface area contributed by atoms with Crippen molar-refractivity contribution in [3.63, 3.8) is 0 Å². The average molecular weight is 338 g/mol. The molecular weight excluding hydrogens is 310 g/mol. The van der Waals surface area contributed by atoms with Gasteiger partial charge in [0.15, 0.2) is 6.04 Å². The van der Waals surface area contributed by atoms with Gasteiger partial charge >= 0.3 is 0 Å². The Morgan fingerprint density at radius 1 is 1.04 bits per heavy atom. The van der Waals surface area contributed by atoms with Crippen molar-refractivity contribution in [2.24, 2.45) is 0 Å². The molecule has 0 unspecified atom stereocenters. The number of para-hydroxylation sites is 2. The highest BCUT2D eigenvalue weighted by molar-refractivity contribution is 5.95. The quantitative estimate of drug-likeness (QED) is 0.920. The second-order valence-corrected chi connectivity index (χ2v) is 6.89. The summed E-state index contributed by atoms with van der Waals surface area (Å²) in [6.07, 6.45) is 0. The first-order valence-electron chi connectivity index (χ1n) is 9.05. The molecule has 2 aromatic rings. The van der Waals surface area contributed by atoms with Crippen molar-refractivity contribution in [1.82, 2.24) is 0 Å². The maximum absolute atomic E-state index is 12.8. The SMILES string of the molecule is Cc1ccccc1N1CC[NH+]([C@H](C)C(=O)N(C)c2ccccc2)CC1. The Labute approximate surface area is 150 Å². The maximum Gasteiger partial charge on any atom is 0.284 e. The Balaban J connectivity index is 1.61. The van der Waals surface area contributed by atoms with E-state index in [1.165, 1.54) is 16.2 Å². The van der Waals surface area contributed by atoms with Gasteiger partial charge in [0.1, 0.15) is 0 Å². The van der Waals surface area contributed by atoms with Crippen molar-refractivity contribution < 1.29 is 9.69 Å². The van der Waals surface area contributed by atoms with E-state index < -0.39 is 0 Å². The lowest BCUT2D eigenvalue weighted by Crippen LogP contribution is -3.19. The molecule has 132 valence electrons. The Hall–Kier alpha value is -2.33. The van der Waals surface area contributed by atoms with Crippen LogP contribution in [-0.2, 0) is 4.79 Å². The summed E-state index contributed by atoms with van der Waals surface area (Å²) in [4.78, 5) is 18.4. The Morgan fingerprint density at radius 3 is 2.28 bits per heavy atom. The molecule has 4 heteroatoms. The number of carbonyl (C=O) groups is 1. The van der Waals surface area contributed by atoms with Crippen LogP contribution in [0.1, 0.15) is 12.5 Å². The second kappa shape index (κ2) is 7.70. The van der Waals surface area contributed by atoms with E-state index in [0.29, 0.717) is 0 Å². The van der Waals surface area contributed by atoms with Crippen LogP contribution in [0.5, 0.6) is 0 Å². The fraction of sp³-hybridized carbons (Fsp3) is 0.381. The normalized spacial score (nSPS) is 16.5. The van der Waals surface area contributed by atoms with E-state index in [4.69, 9.17) is 0 Å². The number of carbonyl (C=O) groups excluding carboxylic acids is 1. The third-order valence-electron chi connectivity index (χ3n) is 5.32. The van der Waals surface area contributed by atoms with Crippen LogP contribution >= 0.6 is 0 Å². The summed E-state index contributed by atoms with van der Waals surface area (Å²) < 4.78 is 0. The number of benzene rings is 2. The summed E-state index contributed by atoms with van der Waals surface area (Å²) in [5, 5.41) is 0. The highest BCUT2D eigenvalue weighted by Crippen LogP contribution is 2.19. The molecule has 0 aromatic heterocycles. The monoisotopic (exact) mass is 338 g/mol. The fourth-order valence-electron chi connectivity index (χ4n) is 3.63. The first kappa shape index (κ1) is 17.5. The average Bonchev–Trinajstić information content (AvgIpc) is 2.67. The van der Waals surface area contributed by atoms with Gasteiger partial charge in [-0.25, -0.2) is 0 Å². The highest BCUT2D eigenvalue weighted by Gasteiger charge is 2.31. The summed E-state index contributed by atoms with van der Waals surface area (Å²) in [5.74, 6) is 0.186. The van der Waals surface area contributed by atoms with Crippen LogP contribution in [-0.4, -0.2) is 45.2 Å². The van der Waals surface area contributed by atoms with Crippen molar-refractivity contribution >= 4 is 17.3 Å². The highest BCUT2D eigenvalue weighted by atomic mass is 16.2. The number of nitrogens with one attached hydrogen (secondary N) is 1. The third-order valence-corrected chi connectivity index (χ3v) is 5.32. The van der Waals surface area contributed by atoms with Crippen LogP contribution in [0.15, 0.2) is 54.6 Å². The van der Waals surface area contributed by atoms with Crippen molar-refractivity contribution in [3.05, 3.63) is 60.2 Å². The zero-order chi connectivity index (χ0) is 17.8. The van der Waals surface area contributed by atoms with Crippen LogP contribution < -0.4 is 14.7 Å². The smallest absolute Gasteiger partial charge is 0.284 e. The summed E-state index contributed by atoms with van der Waals surface area (Å²) in [6.45, 7) is 8.18. The molecule has 1 N–H and O–H groups in total. The van der Waals surface area contributed by atoms with Gasteiger partial charge in [-0.2, -0.15) is 0 Å². The van der Waals surface area contributed by atoms with Gasteiger partial charge < -0.3 is 14.7 Å².